The molecule has 186 valence electrons. The zero-order chi connectivity index (χ0) is 25.4. The van der Waals surface area contributed by atoms with Crippen LogP contribution in [0.25, 0.3) is 0 Å². The molecule has 0 N–H and O–H groups in total. The van der Waals surface area contributed by atoms with Crippen molar-refractivity contribution in [2.45, 2.75) is 75.9 Å². The van der Waals surface area contributed by atoms with Gasteiger partial charge in [0.05, 0.1) is 0 Å². The van der Waals surface area contributed by atoms with Gasteiger partial charge in [-0.05, 0) is 24.3 Å². The lowest BCUT2D eigenvalue weighted by atomic mass is 9.80. The third-order valence-corrected chi connectivity index (χ3v) is 5.01. The lowest BCUT2D eigenvalue weighted by Gasteiger charge is -2.39. The summed E-state index contributed by atoms with van der Waals surface area (Å²) in [6.07, 6.45) is -20.7. The van der Waals surface area contributed by atoms with Crippen molar-refractivity contribution in [3.8, 4) is 0 Å². The van der Waals surface area contributed by atoms with Gasteiger partial charge in [0.15, 0.2) is 6.29 Å². The Balaban J connectivity index is 3.42. The van der Waals surface area contributed by atoms with Crippen LogP contribution in [0.3, 0.4) is 0 Å². The van der Waals surface area contributed by atoms with Gasteiger partial charge in [0, 0.05) is 5.56 Å². The summed E-state index contributed by atoms with van der Waals surface area (Å²) in [7, 11) is 0. The molecule has 0 radical (unpaired) electrons. The summed E-state index contributed by atoms with van der Waals surface area (Å²) in [6.45, 7) is 2.98. The van der Waals surface area contributed by atoms with E-state index in [0.717, 1.165) is 12.1 Å². The molecule has 0 saturated carbocycles. The van der Waals surface area contributed by atoms with Gasteiger partial charge in [-0.15, -0.1) is 0 Å². The topological polar surface area (TPSA) is 18.5 Å². The Morgan fingerprint density at radius 2 is 1.12 bits per heavy atom. The van der Waals surface area contributed by atoms with Crippen LogP contribution in [0.2, 0.25) is 0 Å². The third-order valence-electron chi connectivity index (χ3n) is 5.01. The number of alkyl halides is 11. The molecule has 0 heterocycles. The second kappa shape index (κ2) is 8.96. The molecule has 1 aromatic carbocycles. The first-order chi connectivity index (χ1) is 14.1. The van der Waals surface area contributed by atoms with E-state index in [0.29, 0.717) is 31.0 Å². The van der Waals surface area contributed by atoms with Crippen molar-refractivity contribution in [2.24, 2.45) is 0 Å². The van der Waals surface area contributed by atoms with Gasteiger partial charge in [-0.2, -0.15) is 48.3 Å². The Morgan fingerprint density at radius 3 is 1.47 bits per heavy atom. The lowest BCUT2D eigenvalue weighted by Crippen LogP contribution is -2.57. The van der Waals surface area contributed by atoms with Crippen molar-refractivity contribution in [1.82, 2.24) is 0 Å². The molecule has 0 bridgehead atoms. The highest BCUT2D eigenvalue weighted by molar-refractivity contribution is 5.33. The average Bonchev–Trinajstić information content (AvgIpc) is 2.61. The van der Waals surface area contributed by atoms with E-state index in [9.17, 15) is 48.3 Å². The number of ether oxygens (including phenoxy) is 2. The van der Waals surface area contributed by atoms with Crippen molar-refractivity contribution in [2.75, 3.05) is 6.61 Å². The van der Waals surface area contributed by atoms with Crippen LogP contribution < -0.4 is 0 Å². The Kier molecular flexibility index (Phi) is 7.95. The molecule has 2 nitrogen and oxygen atoms in total. The van der Waals surface area contributed by atoms with E-state index >= 15 is 0 Å². The highest BCUT2D eigenvalue weighted by atomic mass is 19.4. The molecular weight excluding hydrogens is 469 g/mol. The van der Waals surface area contributed by atoms with Crippen LogP contribution >= 0.6 is 0 Å². The molecule has 0 aliphatic carbocycles. The molecule has 0 amide bonds. The van der Waals surface area contributed by atoms with E-state index in [1.807, 2.05) is 0 Å². The second-order valence-corrected chi connectivity index (χ2v) is 7.69. The minimum absolute atomic E-state index is 0.354. The number of halogens is 11. The standard InChI is InChI=1S/C19H21F11O2/c1-5-14(3,4)12-6-8-13(9-7-12)16(18(25,26)27,19(28,29)30)32-11(2)31-10-15(20,21)17(22,23)24/h6-9,11H,5,10H2,1-4H3. The van der Waals surface area contributed by atoms with Crippen LogP contribution in [0.1, 0.15) is 45.2 Å². The molecule has 1 aromatic rings. The van der Waals surface area contributed by atoms with Crippen molar-refractivity contribution < 1.29 is 57.8 Å². The monoisotopic (exact) mass is 490 g/mol. The number of rotatable bonds is 8. The first-order valence-corrected chi connectivity index (χ1v) is 9.11. The van der Waals surface area contributed by atoms with Gasteiger partial charge < -0.3 is 9.47 Å². The van der Waals surface area contributed by atoms with Gasteiger partial charge >= 0.3 is 24.5 Å². The summed E-state index contributed by atoms with van der Waals surface area (Å²) in [5, 5.41) is 0. The van der Waals surface area contributed by atoms with Crippen molar-refractivity contribution in [3.05, 3.63) is 35.4 Å². The summed E-state index contributed by atoms with van der Waals surface area (Å²) >= 11 is 0. The zero-order valence-corrected chi connectivity index (χ0v) is 17.3. The van der Waals surface area contributed by atoms with Gasteiger partial charge in [0.1, 0.15) is 6.61 Å². The summed E-state index contributed by atoms with van der Waals surface area (Å²) in [5.41, 5.74) is -6.65. The maximum atomic E-state index is 13.8. The molecular formula is C19H21F11O2. The smallest absolute Gasteiger partial charge is 0.346 e. The zero-order valence-electron chi connectivity index (χ0n) is 17.3. The van der Waals surface area contributed by atoms with Gasteiger partial charge in [-0.1, -0.05) is 45.0 Å². The molecule has 0 spiro atoms. The Bertz CT molecular complexity index is 733. The van der Waals surface area contributed by atoms with E-state index < -0.39 is 53.9 Å². The van der Waals surface area contributed by atoms with Crippen LogP contribution in [0.15, 0.2) is 24.3 Å². The molecule has 1 atom stereocenters. The first-order valence-electron chi connectivity index (χ1n) is 9.11. The maximum absolute atomic E-state index is 13.8. The number of hydrogen-bond acceptors (Lipinski definition) is 2. The largest absolute Gasteiger partial charge is 0.455 e. The van der Waals surface area contributed by atoms with Crippen LogP contribution in [0.5, 0.6) is 0 Å². The van der Waals surface area contributed by atoms with Crippen molar-refractivity contribution >= 4 is 0 Å². The Morgan fingerprint density at radius 1 is 0.719 bits per heavy atom. The highest BCUT2D eigenvalue weighted by Gasteiger charge is 2.74. The van der Waals surface area contributed by atoms with Gasteiger partial charge in [0.25, 0.3) is 5.60 Å². The Labute approximate surface area is 176 Å². The fourth-order valence-corrected chi connectivity index (χ4v) is 2.64. The van der Waals surface area contributed by atoms with Crippen LogP contribution in [-0.2, 0) is 20.5 Å². The molecule has 0 aromatic heterocycles. The third kappa shape index (κ3) is 5.64. The summed E-state index contributed by atoms with van der Waals surface area (Å²) in [5.74, 6) is -5.52. The van der Waals surface area contributed by atoms with Crippen molar-refractivity contribution in [3.63, 3.8) is 0 Å². The molecule has 1 rings (SSSR count). The first kappa shape index (κ1) is 28.4. The molecule has 0 aliphatic rings. The molecule has 32 heavy (non-hydrogen) atoms. The molecule has 1 unspecified atom stereocenters. The van der Waals surface area contributed by atoms with E-state index in [4.69, 9.17) is 0 Å². The average molecular weight is 490 g/mol. The minimum atomic E-state index is -6.17. The molecule has 13 heteroatoms. The normalized spacial score (nSPS) is 15.7. The lowest BCUT2D eigenvalue weighted by molar-refractivity contribution is -0.419. The summed E-state index contributed by atoms with van der Waals surface area (Å²) < 4.78 is 153. The predicted octanol–water partition coefficient (Wildman–Crippen LogP) is 7.27. The second-order valence-electron chi connectivity index (χ2n) is 7.69. The van der Waals surface area contributed by atoms with Crippen LogP contribution in [0, 0.1) is 0 Å². The maximum Gasteiger partial charge on any atom is 0.455 e. The summed E-state index contributed by atoms with van der Waals surface area (Å²) in [6, 6.07) is 3.09. The Hall–Kier alpha value is -1.63. The molecule has 0 saturated heterocycles. The SMILES string of the molecule is CCC(C)(C)c1ccc(C(OC(C)OCC(F)(F)C(F)(F)F)(C(F)(F)F)C(F)(F)F)cc1. The van der Waals surface area contributed by atoms with Gasteiger partial charge in [-0.3, -0.25) is 0 Å². The van der Waals surface area contributed by atoms with Gasteiger partial charge in [0.2, 0.25) is 0 Å². The minimum Gasteiger partial charge on any atom is -0.346 e. The van der Waals surface area contributed by atoms with Crippen LogP contribution in [0.4, 0.5) is 48.3 Å². The number of hydrogen-bond donors (Lipinski definition) is 0. The van der Waals surface area contributed by atoms with E-state index in [1.165, 1.54) is 0 Å². The quantitative estimate of drug-likeness (QED) is 0.282. The van der Waals surface area contributed by atoms with Crippen molar-refractivity contribution in [1.29, 1.82) is 0 Å². The molecule has 0 fully saturated rings. The fourth-order valence-electron chi connectivity index (χ4n) is 2.64. The van der Waals surface area contributed by atoms with E-state index in [2.05, 4.69) is 9.47 Å². The number of benzene rings is 1. The van der Waals surface area contributed by atoms with Crippen LogP contribution in [-0.4, -0.2) is 37.3 Å². The van der Waals surface area contributed by atoms with E-state index in [1.54, 1.807) is 20.8 Å². The van der Waals surface area contributed by atoms with Gasteiger partial charge in [-0.25, -0.2) is 0 Å². The fraction of sp³-hybridized carbons (Fsp3) is 0.684. The summed E-state index contributed by atoms with van der Waals surface area (Å²) in [4.78, 5) is 0. The highest BCUT2D eigenvalue weighted by Crippen LogP contribution is 2.54. The molecule has 0 aliphatic heterocycles. The van der Waals surface area contributed by atoms with E-state index in [-0.39, 0.29) is 0 Å². The predicted molar refractivity (Wildman–Crippen MR) is 91.0 cm³/mol.